The van der Waals surface area contributed by atoms with Crippen molar-refractivity contribution < 1.29 is 8.83 Å². The predicted molar refractivity (Wildman–Crippen MR) is 298 cm³/mol. The lowest BCUT2D eigenvalue weighted by Crippen LogP contribution is -2.37. The SMILES string of the molecule is CC(C)C1(C(C)C)c2cc3c(cc2-c2cc4c(cc21)-c1c(cc(-c2cccc5oc6ccccc6c25)c2ccccc12)C4(C)C)C(C)(C)c1cc(-c2cccc4oc5ccccc5c24)c2ccccc2c1-3. The zero-order valence-electron chi connectivity index (χ0n) is 41.6. The van der Waals surface area contributed by atoms with Gasteiger partial charge in [0.15, 0.2) is 0 Å². The third-order valence-corrected chi connectivity index (χ3v) is 18.0. The molecule has 0 fully saturated rings. The van der Waals surface area contributed by atoms with E-state index in [-0.39, 0.29) is 16.2 Å². The predicted octanol–water partition coefficient (Wildman–Crippen LogP) is 19.3. The molecule has 0 bridgehead atoms. The quantitative estimate of drug-likeness (QED) is 0.176. The Balaban J connectivity index is 0.960. The second-order valence-electron chi connectivity index (χ2n) is 22.7. The van der Waals surface area contributed by atoms with Gasteiger partial charge in [-0.2, -0.15) is 0 Å². The Bertz CT molecular complexity index is 4070. The number of hydrogen-bond acceptors (Lipinski definition) is 2. The third-order valence-electron chi connectivity index (χ3n) is 18.0. The van der Waals surface area contributed by atoms with Gasteiger partial charge in [-0.05, 0) is 183 Å². The van der Waals surface area contributed by atoms with Gasteiger partial charge in [-0.1, -0.05) is 165 Å². The van der Waals surface area contributed by atoms with Crippen molar-refractivity contribution >= 4 is 65.4 Å². The highest BCUT2D eigenvalue weighted by Gasteiger charge is 2.52. The van der Waals surface area contributed by atoms with Crippen LogP contribution in [0.1, 0.15) is 88.8 Å². The minimum Gasteiger partial charge on any atom is -0.456 e. The number of benzene rings is 10. The standard InChI is InChI=1S/C69H54O2/c1-37(2)69(38(3)4)55-35-51-53(67(5,6)57-31-47(39-19-9-11-21-41(39)63(51)57)43-25-17-29-61-65(43)45-23-13-15-27-59(45)70-61)33-49(55)50-34-54-52(36-56(50)69)64-42-22-12-10-20-40(42)48(32-58(64)68(54,7)8)44-26-18-30-62-66(44)46-24-14-16-28-60(46)71-62/h9-38H,1-8H3. The average molecular weight is 915 g/mol. The van der Waals surface area contributed by atoms with Gasteiger partial charge >= 0.3 is 0 Å². The monoisotopic (exact) mass is 914 g/mol. The summed E-state index contributed by atoms with van der Waals surface area (Å²) in [5.41, 5.74) is 24.8. The van der Waals surface area contributed by atoms with Gasteiger partial charge in [-0.25, -0.2) is 0 Å². The number of furan rings is 2. The number of para-hydroxylation sites is 2. The van der Waals surface area contributed by atoms with Crippen molar-refractivity contribution in [3.63, 3.8) is 0 Å². The van der Waals surface area contributed by atoms with Crippen molar-refractivity contribution in [3.8, 4) is 55.6 Å². The van der Waals surface area contributed by atoms with Crippen LogP contribution >= 0.6 is 0 Å². The van der Waals surface area contributed by atoms with Crippen LogP contribution in [0.5, 0.6) is 0 Å². The molecule has 12 aromatic rings. The van der Waals surface area contributed by atoms with Gasteiger partial charge in [0, 0.05) is 37.8 Å². The molecule has 0 N–H and O–H groups in total. The van der Waals surface area contributed by atoms with Crippen molar-refractivity contribution in [2.75, 3.05) is 0 Å². The lowest BCUT2D eigenvalue weighted by molar-refractivity contribution is 0.280. The highest BCUT2D eigenvalue weighted by atomic mass is 16.3. The first-order valence-corrected chi connectivity index (χ1v) is 25.7. The molecule has 2 heterocycles. The molecule has 0 unspecified atom stereocenters. The van der Waals surface area contributed by atoms with E-state index in [0.29, 0.717) is 11.8 Å². The maximum atomic E-state index is 6.46. The molecule has 0 atom stereocenters. The second kappa shape index (κ2) is 13.8. The summed E-state index contributed by atoms with van der Waals surface area (Å²) < 4.78 is 12.9. The van der Waals surface area contributed by atoms with Gasteiger partial charge in [-0.3, -0.25) is 0 Å². The zero-order valence-corrected chi connectivity index (χ0v) is 41.6. The van der Waals surface area contributed by atoms with Gasteiger partial charge < -0.3 is 8.83 Å². The van der Waals surface area contributed by atoms with E-state index in [1.54, 1.807) is 0 Å². The van der Waals surface area contributed by atoms with E-state index in [1.165, 1.54) is 121 Å². The molecule has 0 amide bonds. The Morgan fingerprint density at radius 2 is 0.634 bits per heavy atom. The Kier molecular flexibility index (Phi) is 7.99. The highest BCUT2D eigenvalue weighted by Crippen LogP contribution is 2.64. The van der Waals surface area contributed by atoms with E-state index in [9.17, 15) is 0 Å². The van der Waals surface area contributed by atoms with Crippen LogP contribution < -0.4 is 0 Å². The summed E-state index contributed by atoms with van der Waals surface area (Å²) in [6.45, 7) is 19.7. The maximum absolute atomic E-state index is 6.46. The molecule has 2 heteroatoms. The van der Waals surface area contributed by atoms with Gasteiger partial charge in [0.25, 0.3) is 0 Å². The Morgan fingerprint density at radius 3 is 1.04 bits per heavy atom. The van der Waals surface area contributed by atoms with Gasteiger partial charge in [0.1, 0.15) is 22.3 Å². The molecule has 15 rings (SSSR count). The van der Waals surface area contributed by atoms with Crippen LogP contribution in [0.4, 0.5) is 0 Å². The van der Waals surface area contributed by atoms with Gasteiger partial charge in [0.05, 0.1) is 0 Å². The van der Waals surface area contributed by atoms with E-state index < -0.39 is 0 Å². The van der Waals surface area contributed by atoms with E-state index in [2.05, 4.69) is 225 Å². The van der Waals surface area contributed by atoms with Crippen LogP contribution in [0.3, 0.4) is 0 Å². The van der Waals surface area contributed by atoms with E-state index in [0.717, 1.165) is 33.1 Å². The molecule has 2 aromatic heterocycles. The molecule has 0 radical (unpaired) electrons. The normalized spacial score (nSPS) is 15.6. The van der Waals surface area contributed by atoms with Gasteiger partial charge in [0.2, 0.25) is 0 Å². The molecule has 2 nitrogen and oxygen atoms in total. The molecule has 342 valence electrons. The molecule has 0 aliphatic heterocycles. The highest BCUT2D eigenvalue weighted by molar-refractivity contribution is 6.19. The van der Waals surface area contributed by atoms with Crippen LogP contribution in [0.25, 0.3) is 121 Å². The summed E-state index contributed by atoms with van der Waals surface area (Å²) in [7, 11) is 0. The van der Waals surface area contributed by atoms with Crippen molar-refractivity contribution in [3.05, 3.63) is 203 Å². The lowest BCUT2D eigenvalue weighted by atomic mass is 9.62. The summed E-state index contributed by atoms with van der Waals surface area (Å²) in [6, 6.07) is 64.0. The fraction of sp³-hybridized carbons (Fsp3) is 0.188. The minimum absolute atomic E-state index is 0.212. The van der Waals surface area contributed by atoms with Crippen LogP contribution in [-0.4, -0.2) is 0 Å². The Hall–Kier alpha value is -7.68. The van der Waals surface area contributed by atoms with Crippen LogP contribution in [0, 0.1) is 11.8 Å². The molecular formula is C69H54O2. The molecule has 10 aromatic carbocycles. The Labute approximate surface area is 414 Å². The molecular weight excluding hydrogens is 861 g/mol. The summed E-state index contributed by atoms with van der Waals surface area (Å²) in [5.74, 6) is 0.685. The smallest absolute Gasteiger partial charge is 0.136 e. The van der Waals surface area contributed by atoms with E-state index in [4.69, 9.17) is 8.83 Å². The minimum atomic E-state index is -0.253. The van der Waals surface area contributed by atoms with E-state index >= 15 is 0 Å². The topological polar surface area (TPSA) is 26.3 Å². The van der Waals surface area contributed by atoms with Crippen molar-refractivity contribution in [2.24, 2.45) is 11.8 Å². The number of rotatable bonds is 4. The summed E-state index contributed by atoms with van der Waals surface area (Å²) in [6.07, 6.45) is 0. The average Bonchev–Trinajstić information content (AvgIpc) is 4.14. The lowest BCUT2D eigenvalue weighted by Gasteiger charge is -2.41. The van der Waals surface area contributed by atoms with E-state index in [1.807, 2.05) is 0 Å². The second-order valence-corrected chi connectivity index (χ2v) is 22.7. The molecule has 0 saturated heterocycles. The fourth-order valence-corrected chi connectivity index (χ4v) is 14.9. The van der Waals surface area contributed by atoms with Crippen molar-refractivity contribution in [1.82, 2.24) is 0 Å². The Morgan fingerprint density at radius 1 is 0.296 bits per heavy atom. The van der Waals surface area contributed by atoms with Gasteiger partial charge in [-0.15, -0.1) is 0 Å². The van der Waals surface area contributed by atoms with Crippen LogP contribution in [0.2, 0.25) is 0 Å². The molecule has 3 aliphatic carbocycles. The van der Waals surface area contributed by atoms with Crippen LogP contribution in [-0.2, 0) is 16.2 Å². The van der Waals surface area contributed by atoms with Crippen molar-refractivity contribution in [2.45, 2.75) is 71.6 Å². The zero-order chi connectivity index (χ0) is 48.0. The maximum Gasteiger partial charge on any atom is 0.136 e. The first kappa shape index (κ1) is 41.1. The first-order valence-electron chi connectivity index (χ1n) is 25.7. The molecule has 3 aliphatic rings. The molecule has 0 spiro atoms. The summed E-state index contributed by atoms with van der Waals surface area (Å²) >= 11 is 0. The van der Waals surface area contributed by atoms with Crippen LogP contribution in [0.15, 0.2) is 179 Å². The molecule has 0 saturated carbocycles. The van der Waals surface area contributed by atoms with Crippen molar-refractivity contribution in [1.29, 1.82) is 0 Å². The summed E-state index contributed by atoms with van der Waals surface area (Å²) in [5, 5.41) is 9.86. The number of hydrogen-bond donors (Lipinski definition) is 0. The fourth-order valence-electron chi connectivity index (χ4n) is 14.9. The third kappa shape index (κ3) is 5.03. The first-order chi connectivity index (χ1) is 34.4. The molecule has 71 heavy (non-hydrogen) atoms. The largest absolute Gasteiger partial charge is 0.456 e. The number of fused-ring (bicyclic) bond motifs is 19. The summed E-state index contributed by atoms with van der Waals surface area (Å²) in [4.78, 5) is 0.